The van der Waals surface area contributed by atoms with Crippen LogP contribution in [0.2, 0.25) is 0 Å². The Morgan fingerprint density at radius 3 is 2.12 bits per heavy atom. The normalized spacial score (nSPS) is 12.1. The Bertz CT molecular complexity index is 1970. The predicted molar refractivity (Wildman–Crippen MR) is 181 cm³/mol. The van der Waals surface area contributed by atoms with Crippen LogP contribution in [0, 0.1) is 0 Å². The molecule has 48 heavy (non-hydrogen) atoms. The first-order valence-electron chi connectivity index (χ1n) is 15.1. The average molecular weight is 669 g/mol. The van der Waals surface area contributed by atoms with Crippen LogP contribution in [0.5, 0.6) is 23.1 Å². The zero-order valence-corrected chi connectivity index (χ0v) is 28.0. The molecule has 2 aromatic heterocycles. The Morgan fingerprint density at radius 2 is 1.48 bits per heavy atom. The SMILES string of the molecule is COc1ccccc1Oc1c(NS(=O)(=O)c2ccc(C(C)(C)C)cc2)nc(-c2ncccn2)nc1OCC(=O)NC(C)c1ccccc1. The summed E-state index contributed by atoms with van der Waals surface area (Å²) in [6, 6.07) is 24.1. The van der Waals surface area contributed by atoms with Crippen LogP contribution in [0.15, 0.2) is 102 Å². The van der Waals surface area contributed by atoms with Crippen molar-refractivity contribution in [3.63, 3.8) is 0 Å². The maximum absolute atomic E-state index is 13.8. The second kappa shape index (κ2) is 14.5. The highest BCUT2D eigenvalue weighted by molar-refractivity contribution is 7.92. The van der Waals surface area contributed by atoms with Crippen molar-refractivity contribution in [3.05, 3.63) is 108 Å². The number of hydrogen-bond acceptors (Lipinski definition) is 10. The van der Waals surface area contributed by atoms with Crippen LogP contribution in [0.4, 0.5) is 5.82 Å². The van der Waals surface area contributed by atoms with Gasteiger partial charge in [-0.3, -0.25) is 9.52 Å². The van der Waals surface area contributed by atoms with Crippen LogP contribution in [0.25, 0.3) is 11.6 Å². The summed E-state index contributed by atoms with van der Waals surface area (Å²) in [5.41, 5.74) is 1.69. The van der Waals surface area contributed by atoms with Gasteiger partial charge >= 0.3 is 0 Å². The molecular weight excluding hydrogens is 632 g/mol. The number of benzene rings is 3. The first-order valence-corrected chi connectivity index (χ1v) is 16.5. The van der Waals surface area contributed by atoms with Gasteiger partial charge in [0.25, 0.3) is 21.8 Å². The van der Waals surface area contributed by atoms with Gasteiger partial charge in [-0.25, -0.2) is 23.4 Å². The van der Waals surface area contributed by atoms with E-state index >= 15 is 0 Å². The van der Waals surface area contributed by atoms with E-state index in [2.05, 4.69) is 30.0 Å². The minimum Gasteiger partial charge on any atom is -0.493 e. The Kier molecular flexibility index (Phi) is 10.2. The molecule has 0 radical (unpaired) electrons. The van der Waals surface area contributed by atoms with E-state index in [1.54, 1.807) is 42.5 Å². The number of nitrogens with zero attached hydrogens (tertiary/aromatic N) is 4. The summed E-state index contributed by atoms with van der Waals surface area (Å²) in [5, 5.41) is 2.89. The van der Waals surface area contributed by atoms with Gasteiger partial charge in [0.2, 0.25) is 11.6 Å². The van der Waals surface area contributed by atoms with Crippen molar-refractivity contribution in [2.24, 2.45) is 0 Å². The van der Waals surface area contributed by atoms with E-state index in [0.29, 0.717) is 5.75 Å². The molecule has 13 heteroatoms. The molecule has 3 aromatic carbocycles. The lowest BCUT2D eigenvalue weighted by Gasteiger charge is -2.20. The van der Waals surface area contributed by atoms with Crippen molar-refractivity contribution in [1.82, 2.24) is 25.3 Å². The lowest BCUT2D eigenvalue weighted by Crippen LogP contribution is -2.31. The largest absolute Gasteiger partial charge is 0.493 e. The molecular formula is C35H36N6O6S. The monoisotopic (exact) mass is 668 g/mol. The summed E-state index contributed by atoms with van der Waals surface area (Å²) in [5.74, 6) is -0.591. The number of aromatic nitrogens is 4. The van der Waals surface area contributed by atoms with Crippen molar-refractivity contribution in [3.8, 4) is 34.8 Å². The molecule has 5 aromatic rings. The summed E-state index contributed by atoms with van der Waals surface area (Å²) in [4.78, 5) is 30.4. The Labute approximate surface area is 279 Å². The van der Waals surface area contributed by atoms with E-state index in [-0.39, 0.29) is 51.2 Å². The third-order valence-electron chi connectivity index (χ3n) is 7.16. The van der Waals surface area contributed by atoms with Gasteiger partial charge in [-0.1, -0.05) is 75.4 Å². The summed E-state index contributed by atoms with van der Waals surface area (Å²) >= 11 is 0. The molecule has 248 valence electrons. The van der Waals surface area contributed by atoms with Gasteiger partial charge in [0, 0.05) is 12.4 Å². The number of anilines is 1. The van der Waals surface area contributed by atoms with E-state index in [1.807, 2.05) is 58.0 Å². The van der Waals surface area contributed by atoms with Gasteiger partial charge in [0.1, 0.15) is 0 Å². The zero-order chi connectivity index (χ0) is 34.3. The standard InChI is InChI=1S/C35H36N6O6S/c1-23(24-12-7-6-8-13-24)38-29(42)22-46-34-30(47-28-15-10-9-14-27(28)45-5)31(39-33(40-34)32-36-20-11-21-37-32)41-48(43,44)26-18-16-25(17-19-26)35(2,3)4/h6-21,23H,22H2,1-5H3,(H,38,42)(H,39,40,41). The number of ether oxygens (including phenoxy) is 3. The van der Waals surface area contributed by atoms with Crippen molar-refractivity contribution >= 4 is 21.7 Å². The summed E-state index contributed by atoms with van der Waals surface area (Å²) in [7, 11) is -2.76. The Balaban J connectivity index is 1.56. The number of rotatable bonds is 12. The van der Waals surface area contributed by atoms with Gasteiger partial charge in [-0.2, -0.15) is 4.98 Å². The molecule has 0 spiro atoms. The highest BCUT2D eigenvalue weighted by Crippen LogP contribution is 2.41. The quantitative estimate of drug-likeness (QED) is 0.160. The zero-order valence-electron chi connectivity index (χ0n) is 27.2. The number of carbonyl (C=O) groups is 1. The van der Waals surface area contributed by atoms with E-state index in [1.165, 1.54) is 31.6 Å². The lowest BCUT2D eigenvalue weighted by molar-refractivity contribution is -0.123. The summed E-state index contributed by atoms with van der Waals surface area (Å²) in [6.45, 7) is 7.48. The maximum atomic E-state index is 13.8. The average Bonchev–Trinajstić information content (AvgIpc) is 3.08. The maximum Gasteiger partial charge on any atom is 0.264 e. The topological polar surface area (TPSA) is 155 Å². The van der Waals surface area contributed by atoms with Crippen LogP contribution < -0.4 is 24.2 Å². The minimum atomic E-state index is -4.23. The van der Waals surface area contributed by atoms with Crippen molar-refractivity contribution in [2.75, 3.05) is 18.4 Å². The second-order valence-electron chi connectivity index (χ2n) is 11.7. The number of methoxy groups -OCH3 is 1. The third-order valence-corrected chi connectivity index (χ3v) is 8.51. The smallest absolute Gasteiger partial charge is 0.264 e. The fraction of sp³-hybridized carbons (Fsp3) is 0.229. The summed E-state index contributed by atoms with van der Waals surface area (Å²) in [6.07, 6.45) is 2.98. The Morgan fingerprint density at radius 1 is 0.833 bits per heavy atom. The van der Waals surface area contributed by atoms with E-state index in [4.69, 9.17) is 14.2 Å². The van der Waals surface area contributed by atoms with Crippen molar-refractivity contribution in [1.29, 1.82) is 0 Å². The predicted octanol–water partition coefficient (Wildman–Crippen LogP) is 6.09. The highest BCUT2D eigenvalue weighted by Gasteiger charge is 2.27. The lowest BCUT2D eigenvalue weighted by atomic mass is 9.87. The van der Waals surface area contributed by atoms with Gasteiger partial charge < -0.3 is 19.5 Å². The third kappa shape index (κ3) is 8.23. The molecule has 1 atom stereocenters. The first-order chi connectivity index (χ1) is 22.9. The molecule has 1 unspecified atom stereocenters. The molecule has 0 aliphatic heterocycles. The van der Waals surface area contributed by atoms with Gasteiger partial charge in [-0.05, 0) is 53.8 Å². The number of para-hydroxylation sites is 2. The molecule has 0 saturated carbocycles. The fourth-order valence-corrected chi connectivity index (χ4v) is 5.58. The molecule has 5 rings (SSSR count). The molecule has 12 nitrogen and oxygen atoms in total. The fourth-order valence-electron chi connectivity index (χ4n) is 4.58. The number of nitrogens with one attached hydrogen (secondary N) is 2. The van der Waals surface area contributed by atoms with Crippen molar-refractivity contribution < 1.29 is 27.4 Å². The Hall–Kier alpha value is -5.56. The van der Waals surface area contributed by atoms with Crippen LogP contribution in [-0.2, 0) is 20.2 Å². The molecule has 0 bridgehead atoms. The molecule has 2 N–H and O–H groups in total. The van der Waals surface area contributed by atoms with E-state index < -0.39 is 22.5 Å². The number of hydrogen-bond donors (Lipinski definition) is 2. The molecule has 0 saturated heterocycles. The second-order valence-corrected chi connectivity index (χ2v) is 13.4. The minimum absolute atomic E-state index is 0.00777. The molecule has 1 amide bonds. The summed E-state index contributed by atoms with van der Waals surface area (Å²) < 4.78 is 47.7. The van der Waals surface area contributed by atoms with Crippen LogP contribution >= 0.6 is 0 Å². The van der Waals surface area contributed by atoms with Gasteiger partial charge in [-0.15, -0.1) is 0 Å². The molecule has 2 heterocycles. The first kappa shape index (κ1) is 33.8. The van der Waals surface area contributed by atoms with Crippen LogP contribution in [0.3, 0.4) is 0 Å². The highest BCUT2D eigenvalue weighted by atomic mass is 32.2. The molecule has 0 fully saturated rings. The van der Waals surface area contributed by atoms with Crippen LogP contribution in [-0.4, -0.2) is 48.0 Å². The van der Waals surface area contributed by atoms with E-state index in [0.717, 1.165) is 11.1 Å². The number of amides is 1. The van der Waals surface area contributed by atoms with E-state index in [9.17, 15) is 13.2 Å². The van der Waals surface area contributed by atoms with Gasteiger partial charge in [0.15, 0.2) is 29.7 Å². The molecule has 0 aliphatic carbocycles. The van der Waals surface area contributed by atoms with Crippen LogP contribution in [0.1, 0.15) is 44.9 Å². The van der Waals surface area contributed by atoms with Gasteiger partial charge in [0.05, 0.1) is 18.0 Å². The molecule has 0 aliphatic rings. The van der Waals surface area contributed by atoms with Crippen molar-refractivity contribution in [2.45, 2.75) is 44.0 Å². The number of sulfonamides is 1. The number of carbonyl (C=O) groups excluding carboxylic acids is 1.